The van der Waals surface area contributed by atoms with Gasteiger partial charge in [-0.3, -0.25) is 0 Å². The third kappa shape index (κ3) is 7.98. The van der Waals surface area contributed by atoms with Gasteiger partial charge in [0.25, 0.3) is 0 Å². The Bertz CT molecular complexity index is 587. The molecule has 0 amide bonds. The molecule has 130 valence electrons. The molecule has 0 spiro atoms. The molecule has 1 aromatic carbocycles. The van der Waals surface area contributed by atoms with Gasteiger partial charge in [0, 0.05) is 26.2 Å². The van der Waals surface area contributed by atoms with Gasteiger partial charge >= 0.3 is 0 Å². The van der Waals surface area contributed by atoms with Crippen LogP contribution in [0.2, 0.25) is 0 Å². The molecule has 0 atom stereocenters. The van der Waals surface area contributed by atoms with Crippen molar-refractivity contribution in [3.63, 3.8) is 0 Å². The van der Waals surface area contributed by atoms with Gasteiger partial charge in [-0.25, -0.2) is 18.1 Å². The van der Waals surface area contributed by atoms with Crippen LogP contribution in [0, 0.1) is 0 Å². The van der Waals surface area contributed by atoms with E-state index in [0.717, 1.165) is 30.9 Å². The molecule has 8 heteroatoms. The van der Waals surface area contributed by atoms with Crippen LogP contribution >= 0.6 is 24.0 Å². The fraction of sp³-hybridized carbons (Fsp3) is 0.533. The van der Waals surface area contributed by atoms with Crippen molar-refractivity contribution in [3.05, 3.63) is 35.9 Å². The highest BCUT2D eigenvalue weighted by Crippen LogP contribution is 2.08. The molecule has 23 heavy (non-hydrogen) atoms. The topological polar surface area (TPSA) is 73.8 Å². The minimum absolute atomic E-state index is 0. The predicted molar refractivity (Wildman–Crippen MR) is 105 cm³/mol. The minimum atomic E-state index is -3.14. The van der Waals surface area contributed by atoms with Crippen LogP contribution in [-0.4, -0.2) is 51.7 Å². The van der Waals surface area contributed by atoms with Gasteiger partial charge in [0.15, 0.2) is 5.96 Å². The third-order valence-electron chi connectivity index (χ3n) is 3.43. The molecule has 0 bridgehead atoms. The van der Waals surface area contributed by atoms with Crippen LogP contribution in [0.3, 0.4) is 0 Å². The number of benzene rings is 1. The van der Waals surface area contributed by atoms with E-state index in [9.17, 15) is 8.42 Å². The summed E-state index contributed by atoms with van der Waals surface area (Å²) < 4.78 is 24.6. The average molecular weight is 452 g/mol. The van der Waals surface area contributed by atoms with Crippen molar-refractivity contribution in [3.8, 4) is 0 Å². The van der Waals surface area contributed by atoms with E-state index in [4.69, 9.17) is 0 Å². The molecule has 1 saturated heterocycles. The first kappa shape index (κ1) is 20.2. The standard InChI is InChI=1S/C15H24N4O2S.HI/c1-22(20,21)18-10-9-16-15(19-11-5-6-12-19)17-13-14-7-3-2-4-8-14;/h2-4,7-8,18H,5-6,9-13H2,1H3,(H,16,17);1H. The lowest BCUT2D eigenvalue weighted by atomic mass is 10.2. The van der Waals surface area contributed by atoms with Gasteiger partial charge in [-0.15, -0.1) is 24.0 Å². The van der Waals surface area contributed by atoms with Crippen LogP contribution in [-0.2, 0) is 16.6 Å². The van der Waals surface area contributed by atoms with Gasteiger partial charge < -0.3 is 10.2 Å². The van der Waals surface area contributed by atoms with Crippen molar-refractivity contribution >= 4 is 40.0 Å². The predicted octanol–water partition coefficient (Wildman–Crippen LogP) is 1.40. The average Bonchev–Trinajstić information content (AvgIpc) is 3.00. The molecule has 0 aliphatic carbocycles. The normalized spacial score (nSPS) is 15.3. The SMILES string of the molecule is CS(=O)(=O)NCCNC(=NCc1ccccc1)N1CCCC1.I. The maximum atomic E-state index is 11.1. The first-order chi connectivity index (χ1) is 10.5. The van der Waals surface area contributed by atoms with Crippen LogP contribution < -0.4 is 10.0 Å². The maximum absolute atomic E-state index is 11.1. The van der Waals surface area contributed by atoms with Crippen molar-refractivity contribution in [2.45, 2.75) is 19.4 Å². The summed E-state index contributed by atoms with van der Waals surface area (Å²) in [6.45, 7) is 3.51. The van der Waals surface area contributed by atoms with E-state index >= 15 is 0 Å². The number of likely N-dealkylation sites (tertiary alicyclic amines) is 1. The number of rotatable bonds is 6. The first-order valence-corrected chi connectivity index (χ1v) is 9.45. The summed E-state index contributed by atoms with van der Waals surface area (Å²) in [5, 5.41) is 3.25. The summed E-state index contributed by atoms with van der Waals surface area (Å²) in [5.74, 6) is 0.858. The number of sulfonamides is 1. The molecule has 0 aromatic heterocycles. The molecule has 1 aliphatic heterocycles. The number of hydrogen-bond acceptors (Lipinski definition) is 3. The number of halogens is 1. The largest absolute Gasteiger partial charge is 0.355 e. The smallest absolute Gasteiger partial charge is 0.208 e. The summed E-state index contributed by atoms with van der Waals surface area (Å²) >= 11 is 0. The van der Waals surface area contributed by atoms with Crippen molar-refractivity contribution in [1.82, 2.24) is 14.9 Å². The Kier molecular flexibility index (Phi) is 8.85. The van der Waals surface area contributed by atoms with Gasteiger partial charge in [0.2, 0.25) is 10.0 Å². The molecule has 0 unspecified atom stereocenters. The second-order valence-electron chi connectivity index (χ2n) is 5.41. The van der Waals surface area contributed by atoms with Crippen molar-refractivity contribution < 1.29 is 8.42 Å². The molecule has 6 nitrogen and oxygen atoms in total. The molecule has 2 N–H and O–H groups in total. The number of hydrogen-bond donors (Lipinski definition) is 2. The number of nitrogens with zero attached hydrogens (tertiary/aromatic N) is 2. The molecular weight excluding hydrogens is 427 g/mol. The van der Waals surface area contributed by atoms with E-state index < -0.39 is 10.0 Å². The van der Waals surface area contributed by atoms with E-state index in [2.05, 4.69) is 32.1 Å². The monoisotopic (exact) mass is 452 g/mol. The molecule has 1 aliphatic rings. The number of nitrogens with one attached hydrogen (secondary N) is 2. The lowest BCUT2D eigenvalue weighted by Gasteiger charge is -2.21. The van der Waals surface area contributed by atoms with E-state index in [1.807, 2.05) is 18.2 Å². The highest BCUT2D eigenvalue weighted by molar-refractivity contribution is 14.0. The summed E-state index contributed by atoms with van der Waals surface area (Å²) in [6, 6.07) is 10.1. The Morgan fingerprint density at radius 1 is 1.17 bits per heavy atom. The van der Waals surface area contributed by atoms with Gasteiger partial charge in [0.1, 0.15) is 0 Å². The van der Waals surface area contributed by atoms with Gasteiger partial charge in [-0.05, 0) is 18.4 Å². The Hall–Kier alpha value is -0.870. The third-order valence-corrected chi connectivity index (χ3v) is 4.16. The molecule has 0 saturated carbocycles. The summed E-state index contributed by atoms with van der Waals surface area (Å²) in [5.41, 5.74) is 1.16. The fourth-order valence-electron chi connectivity index (χ4n) is 2.36. The van der Waals surface area contributed by atoms with Crippen LogP contribution in [0.15, 0.2) is 35.3 Å². The van der Waals surface area contributed by atoms with E-state index in [1.54, 1.807) is 0 Å². The van der Waals surface area contributed by atoms with E-state index in [-0.39, 0.29) is 24.0 Å². The quantitative estimate of drug-likeness (QED) is 0.296. The van der Waals surface area contributed by atoms with Crippen LogP contribution in [0.25, 0.3) is 0 Å². The minimum Gasteiger partial charge on any atom is -0.355 e. The van der Waals surface area contributed by atoms with Crippen LogP contribution in [0.1, 0.15) is 18.4 Å². The highest BCUT2D eigenvalue weighted by Gasteiger charge is 2.15. The Morgan fingerprint density at radius 2 is 1.83 bits per heavy atom. The van der Waals surface area contributed by atoms with Gasteiger partial charge in [-0.2, -0.15) is 0 Å². The summed E-state index contributed by atoms with van der Waals surface area (Å²) in [4.78, 5) is 6.89. The van der Waals surface area contributed by atoms with E-state index in [0.29, 0.717) is 19.6 Å². The summed E-state index contributed by atoms with van der Waals surface area (Å²) in [6.07, 6.45) is 3.51. The van der Waals surface area contributed by atoms with Crippen LogP contribution in [0.5, 0.6) is 0 Å². The lowest BCUT2D eigenvalue weighted by Crippen LogP contribution is -2.43. The van der Waals surface area contributed by atoms with Gasteiger partial charge in [-0.1, -0.05) is 30.3 Å². The van der Waals surface area contributed by atoms with E-state index in [1.165, 1.54) is 12.8 Å². The fourth-order valence-corrected chi connectivity index (χ4v) is 2.83. The molecule has 0 radical (unpaired) electrons. The number of guanidine groups is 1. The summed E-state index contributed by atoms with van der Waals surface area (Å²) in [7, 11) is -3.14. The second-order valence-corrected chi connectivity index (χ2v) is 7.25. The number of aliphatic imine (C=N–C) groups is 1. The maximum Gasteiger partial charge on any atom is 0.208 e. The zero-order valence-corrected chi connectivity index (χ0v) is 16.5. The lowest BCUT2D eigenvalue weighted by molar-refractivity contribution is 0.491. The zero-order valence-electron chi connectivity index (χ0n) is 13.4. The van der Waals surface area contributed by atoms with Crippen molar-refractivity contribution in [2.75, 3.05) is 32.4 Å². The highest BCUT2D eigenvalue weighted by atomic mass is 127. The van der Waals surface area contributed by atoms with Crippen LogP contribution in [0.4, 0.5) is 0 Å². The van der Waals surface area contributed by atoms with Crippen molar-refractivity contribution in [2.24, 2.45) is 4.99 Å². The second kappa shape index (κ2) is 10.1. The van der Waals surface area contributed by atoms with Gasteiger partial charge in [0.05, 0.1) is 12.8 Å². The first-order valence-electron chi connectivity index (χ1n) is 7.56. The molecule has 1 aromatic rings. The zero-order chi connectivity index (χ0) is 15.8. The Balaban J connectivity index is 0.00000264. The molecule has 1 heterocycles. The molecular formula is C15H25IN4O2S. The molecule has 2 rings (SSSR count). The molecule has 1 fully saturated rings. The Morgan fingerprint density at radius 3 is 2.43 bits per heavy atom. The Labute approximate surface area is 155 Å². The van der Waals surface area contributed by atoms with Crippen molar-refractivity contribution in [1.29, 1.82) is 0 Å².